The Morgan fingerprint density at radius 2 is 2.06 bits per heavy atom. The highest BCUT2D eigenvalue weighted by molar-refractivity contribution is 9.09. The van der Waals surface area contributed by atoms with Crippen molar-refractivity contribution in [2.45, 2.75) is 38.4 Å². The zero-order chi connectivity index (χ0) is 13.9. The lowest BCUT2D eigenvalue weighted by molar-refractivity contribution is -0.387. The first-order valence-electron chi connectivity index (χ1n) is 5.79. The Morgan fingerprint density at radius 3 is 2.56 bits per heavy atom. The summed E-state index contributed by atoms with van der Waals surface area (Å²) in [7, 11) is 0. The number of hydrogen-bond donors (Lipinski definition) is 0. The molecule has 0 fully saturated rings. The predicted octanol–water partition coefficient (Wildman–Crippen LogP) is 4.48. The average molecular weight is 318 g/mol. The van der Waals surface area contributed by atoms with Crippen molar-refractivity contribution >= 4 is 21.6 Å². The van der Waals surface area contributed by atoms with Crippen molar-refractivity contribution in [1.82, 2.24) is 0 Å². The van der Waals surface area contributed by atoms with E-state index in [1.807, 2.05) is 0 Å². The van der Waals surface area contributed by atoms with Crippen molar-refractivity contribution in [2.75, 3.05) is 0 Å². The van der Waals surface area contributed by atoms with Gasteiger partial charge in [0.25, 0.3) is 0 Å². The summed E-state index contributed by atoms with van der Waals surface area (Å²) in [6.07, 6.45) is 1.22. The Hall–Kier alpha value is -0.970. The molecule has 18 heavy (non-hydrogen) atoms. The second-order valence-corrected chi connectivity index (χ2v) is 6.48. The molecule has 0 aliphatic carbocycles. The summed E-state index contributed by atoms with van der Waals surface area (Å²) in [4.78, 5) is 10.2. The quantitative estimate of drug-likeness (QED) is 0.467. The molecule has 100 valence electrons. The fraction of sp³-hybridized carbons (Fsp3) is 0.538. The predicted molar refractivity (Wildman–Crippen MR) is 73.5 cm³/mol. The fourth-order valence-electron chi connectivity index (χ4n) is 1.62. The van der Waals surface area contributed by atoms with E-state index in [1.54, 1.807) is 6.07 Å². The second-order valence-electron chi connectivity index (χ2n) is 5.38. The van der Waals surface area contributed by atoms with Crippen molar-refractivity contribution in [3.05, 3.63) is 39.7 Å². The van der Waals surface area contributed by atoms with Crippen LogP contribution in [0.5, 0.6) is 0 Å². The molecular weight excluding hydrogens is 301 g/mol. The van der Waals surface area contributed by atoms with E-state index in [4.69, 9.17) is 0 Å². The van der Waals surface area contributed by atoms with Gasteiger partial charge in [-0.15, -0.1) is 0 Å². The SMILES string of the molecule is CC(C)(C)C(Br)CCc1cccc([N+](=O)[O-])c1F. The number of nitrogens with zero attached hydrogens (tertiary/aromatic N) is 1. The van der Waals surface area contributed by atoms with Crippen molar-refractivity contribution in [3.8, 4) is 0 Å². The minimum atomic E-state index is -0.712. The van der Waals surface area contributed by atoms with E-state index in [9.17, 15) is 14.5 Å². The number of nitro benzene ring substituents is 1. The maximum absolute atomic E-state index is 13.8. The van der Waals surface area contributed by atoms with Crippen LogP contribution in [-0.2, 0) is 6.42 Å². The number of hydrogen-bond acceptors (Lipinski definition) is 2. The van der Waals surface area contributed by atoms with Gasteiger partial charge >= 0.3 is 5.69 Å². The van der Waals surface area contributed by atoms with Crippen LogP contribution in [0.15, 0.2) is 18.2 Å². The van der Waals surface area contributed by atoms with Crippen LogP contribution in [0.1, 0.15) is 32.8 Å². The Labute approximate surface area is 115 Å². The molecule has 0 radical (unpaired) electrons. The standard InChI is InChI=1S/C13H17BrFNO2/c1-13(2,3)11(14)8-7-9-5-4-6-10(12(9)15)16(17)18/h4-6,11H,7-8H2,1-3H3. The van der Waals surface area contributed by atoms with Crippen molar-refractivity contribution < 1.29 is 9.31 Å². The molecule has 0 amide bonds. The number of halogens is 2. The monoisotopic (exact) mass is 317 g/mol. The molecule has 0 aromatic heterocycles. The van der Waals surface area contributed by atoms with Gasteiger partial charge in [-0.25, -0.2) is 0 Å². The summed E-state index contributed by atoms with van der Waals surface area (Å²) >= 11 is 3.57. The summed E-state index contributed by atoms with van der Waals surface area (Å²) in [6.45, 7) is 6.28. The van der Waals surface area contributed by atoms with Gasteiger partial charge in [-0.05, 0) is 23.8 Å². The zero-order valence-electron chi connectivity index (χ0n) is 10.7. The molecule has 5 heteroatoms. The Kier molecular flexibility index (Phi) is 4.85. The van der Waals surface area contributed by atoms with Gasteiger partial charge in [0.1, 0.15) is 0 Å². The number of aryl methyl sites for hydroxylation is 1. The maximum Gasteiger partial charge on any atom is 0.305 e. The van der Waals surface area contributed by atoms with Crippen LogP contribution in [0.2, 0.25) is 0 Å². The third-order valence-corrected chi connectivity index (χ3v) is 4.69. The van der Waals surface area contributed by atoms with E-state index in [2.05, 4.69) is 36.7 Å². The smallest absolute Gasteiger partial charge is 0.258 e. The molecule has 0 spiro atoms. The van der Waals surface area contributed by atoms with Crippen LogP contribution in [-0.4, -0.2) is 9.75 Å². The topological polar surface area (TPSA) is 43.1 Å². The summed E-state index contributed by atoms with van der Waals surface area (Å²) in [5.41, 5.74) is 0.0317. The molecule has 0 aliphatic rings. The van der Waals surface area contributed by atoms with E-state index in [0.717, 1.165) is 6.42 Å². The third kappa shape index (κ3) is 3.77. The Bertz CT molecular complexity index is 443. The molecule has 1 rings (SSSR count). The van der Waals surface area contributed by atoms with E-state index >= 15 is 0 Å². The van der Waals surface area contributed by atoms with Crippen LogP contribution < -0.4 is 0 Å². The van der Waals surface area contributed by atoms with Crippen LogP contribution in [0.3, 0.4) is 0 Å². The second kappa shape index (κ2) is 5.78. The van der Waals surface area contributed by atoms with E-state index < -0.39 is 16.4 Å². The van der Waals surface area contributed by atoms with Gasteiger partial charge in [0.2, 0.25) is 5.82 Å². The van der Waals surface area contributed by atoms with Gasteiger partial charge < -0.3 is 0 Å². The molecule has 3 nitrogen and oxygen atoms in total. The van der Waals surface area contributed by atoms with Crippen LogP contribution >= 0.6 is 15.9 Å². The van der Waals surface area contributed by atoms with Crippen LogP contribution in [0.4, 0.5) is 10.1 Å². The van der Waals surface area contributed by atoms with Crippen LogP contribution in [0.25, 0.3) is 0 Å². The Balaban J connectivity index is 2.81. The van der Waals surface area contributed by atoms with Gasteiger partial charge in [0.05, 0.1) is 4.92 Å². The highest BCUT2D eigenvalue weighted by atomic mass is 79.9. The lowest BCUT2D eigenvalue weighted by atomic mass is 9.88. The number of benzene rings is 1. The molecule has 0 heterocycles. The number of alkyl halides is 1. The third-order valence-electron chi connectivity index (χ3n) is 2.86. The lowest BCUT2D eigenvalue weighted by Gasteiger charge is -2.25. The first kappa shape index (κ1) is 15.1. The largest absolute Gasteiger partial charge is 0.305 e. The summed E-state index contributed by atoms with van der Waals surface area (Å²) in [6, 6.07) is 4.32. The minimum absolute atomic E-state index is 0.0805. The van der Waals surface area contributed by atoms with Gasteiger partial charge in [-0.3, -0.25) is 10.1 Å². The molecule has 1 aromatic carbocycles. The van der Waals surface area contributed by atoms with Gasteiger partial charge in [0, 0.05) is 10.9 Å². The van der Waals surface area contributed by atoms with Gasteiger partial charge in [-0.1, -0.05) is 48.8 Å². The number of rotatable bonds is 4. The molecular formula is C13H17BrFNO2. The van der Waals surface area contributed by atoms with E-state index in [0.29, 0.717) is 12.0 Å². The summed E-state index contributed by atoms with van der Waals surface area (Å²) < 4.78 is 13.8. The first-order valence-corrected chi connectivity index (χ1v) is 6.71. The zero-order valence-corrected chi connectivity index (χ0v) is 12.3. The first-order chi connectivity index (χ1) is 8.23. The normalized spacial score (nSPS) is 13.4. The van der Waals surface area contributed by atoms with Crippen LogP contribution in [0, 0.1) is 21.3 Å². The fourth-order valence-corrected chi connectivity index (χ4v) is 1.84. The van der Waals surface area contributed by atoms with Gasteiger partial charge in [-0.2, -0.15) is 4.39 Å². The van der Waals surface area contributed by atoms with Crippen molar-refractivity contribution in [1.29, 1.82) is 0 Å². The molecule has 0 saturated heterocycles. The van der Waals surface area contributed by atoms with Gasteiger partial charge in [0.15, 0.2) is 0 Å². The minimum Gasteiger partial charge on any atom is -0.258 e. The lowest BCUT2D eigenvalue weighted by Crippen LogP contribution is -2.20. The Morgan fingerprint density at radius 1 is 1.44 bits per heavy atom. The summed E-state index contributed by atoms with van der Waals surface area (Å²) in [5, 5.41) is 10.6. The molecule has 0 N–H and O–H groups in total. The van der Waals surface area contributed by atoms with E-state index in [1.165, 1.54) is 12.1 Å². The molecule has 0 saturated carbocycles. The molecule has 1 unspecified atom stereocenters. The maximum atomic E-state index is 13.8. The molecule has 1 atom stereocenters. The van der Waals surface area contributed by atoms with Crippen molar-refractivity contribution in [2.24, 2.45) is 5.41 Å². The highest BCUT2D eigenvalue weighted by Crippen LogP contribution is 2.30. The molecule has 0 bridgehead atoms. The highest BCUT2D eigenvalue weighted by Gasteiger charge is 2.23. The van der Waals surface area contributed by atoms with E-state index in [-0.39, 0.29) is 10.2 Å². The average Bonchev–Trinajstić information content (AvgIpc) is 2.25. The molecule has 1 aromatic rings. The molecule has 0 aliphatic heterocycles. The van der Waals surface area contributed by atoms with Crippen molar-refractivity contribution in [3.63, 3.8) is 0 Å². The number of nitro groups is 1. The summed E-state index contributed by atoms with van der Waals surface area (Å²) in [5.74, 6) is -0.712.